The minimum absolute atomic E-state index is 0.0414. The van der Waals surface area contributed by atoms with Gasteiger partial charge in [-0.15, -0.1) is 0 Å². The van der Waals surface area contributed by atoms with Crippen molar-refractivity contribution >= 4 is 28.5 Å². The van der Waals surface area contributed by atoms with E-state index >= 15 is 0 Å². The van der Waals surface area contributed by atoms with Crippen molar-refractivity contribution in [1.82, 2.24) is 14.6 Å². The summed E-state index contributed by atoms with van der Waals surface area (Å²) in [5.41, 5.74) is 1.02. The fraction of sp³-hybridized carbons (Fsp3) is 0.522. The van der Waals surface area contributed by atoms with Crippen molar-refractivity contribution in [1.29, 1.82) is 0 Å². The van der Waals surface area contributed by atoms with E-state index in [-0.39, 0.29) is 28.6 Å². The van der Waals surface area contributed by atoms with Crippen molar-refractivity contribution < 1.29 is 32.6 Å². The van der Waals surface area contributed by atoms with Crippen molar-refractivity contribution in [2.24, 2.45) is 0 Å². The number of ether oxygens (including phenoxy) is 3. The van der Waals surface area contributed by atoms with Gasteiger partial charge in [0.1, 0.15) is 29.3 Å². The fourth-order valence-electron chi connectivity index (χ4n) is 4.03. The Labute approximate surface area is 205 Å². The molecule has 4 rings (SSSR count). The molecule has 190 valence electrons. The summed E-state index contributed by atoms with van der Waals surface area (Å²) in [6.45, 7) is 2.80. The molecule has 0 aliphatic carbocycles. The SMILES string of the molecule is COC(=O)c1c(OCc2cc3c(cc2F)CCO3)nsc1NC(=O)NCCCCN1CC[C@@H](F)C1. The third-order valence-corrected chi connectivity index (χ3v) is 6.65. The number of unbranched alkanes of at least 4 members (excludes halogenated alkanes) is 1. The Kier molecular flexibility index (Phi) is 8.34. The highest BCUT2D eigenvalue weighted by Gasteiger charge is 2.26. The van der Waals surface area contributed by atoms with Gasteiger partial charge >= 0.3 is 12.0 Å². The number of carbonyl (C=O) groups excluding carboxylic acids is 2. The summed E-state index contributed by atoms with van der Waals surface area (Å²) in [5.74, 6) is -0.619. The molecular weight excluding hydrogens is 482 g/mol. The van der Waals surface area contributed by atoms with Crippen molar-refractivity contribution in [2.75, 3.05) is 45.2 Å². The van der Waals surface area contributed by atoms with Crippen molar-refractivity contribution in [3.05, 3.63) is 34.6 Å². The van der Waals surface area contributed by atoms with Crippen LogP contribution in [0.2, 0.25) is 0 Å². The van der Waals surface area contributed by atoms with Crippen LogP contribution in [-0.4, -0.2) is 67.3 Å². The molecule has 1 fully saturated rings. The summed E-state index contributed by atoms with van der Waals surface area (Å²) in [4.78, 5) is 26.7. The van der Waals surface area contributed by atoms with Gasteiger partial charge in [0.25, 0.3) is 0 Å². The Morgan fingerprint density at radius 2 is 2.20 bits per heavy atom. The summed E-state index contributed by atoms with van der Waals surface area (Å²) in [6.07, 6.45) is 2.07. The molecule has 12 heteroatoms. The lowest BCUT2D eigenvalue weighted by molar-refractivity contribution is 0.0596. The minimum atomic E-state index is -0.738. The number of nitrogens with one attached hydrogen (secondary N) is 2. The summed E-state index contributed by atoms with van der Waals surface area (Å²) in [6, 6.07) is 2.50. The molecule has 2 aliphatic rings. The van der Waals surface area contributed by atoms with E-state index in [0.717, 1.165) is 43.0 Å². The lowest BCUT2D eigenvalue weighted by Gasteiger charge is -2.14. The molecule has 2 aliphatic heterocycles. The average Bonchev–Trinajstić information content (AvgIpc) is 3.56. The van der Waals surface area contributed by atoms with Crippen molar-refractivity contribution in [3.63, 3.8) is 0 Å². The number of alkyl halides is 1. The smallest absolute Gasteiger partial charge is 0.346 e. The first-order valence-electron chi connectivity index (χ1n) is 11.5. The topological polar surface area (TPSA) is 102 Å². The fourth-order valence-corrected chi connectivity index (χ4v) is 4.75. The van der Waals surface area contributed by atoms with E-state index < -0.39 is 24.0 Å². The molecule has 2 amide bonds. The maximum atomic E-state index is 14.4. The Morgan fingerprint density at radius 3 is 2.97 bits per heavy atom. The molecule has 0 bridgehead atoms. The van der Waals surface area contributed by atoms with Crippen LogP contribution < -0.4 is 20.1 Å². The number of aromatic nitrogens is 1. The number of hydrogen-bond acceptors (Lipinski definition) is 8. The molecular formula is C23H28F2N4O5S. The third kappa shape index (κ3) is 6.37. The van der Waals surface area contributed by atoms with Gasteiger partial charge in [0.05, 0.1) is 13.7 Å². The lowest BCUT2D eigenvalue weighted by Crippen LogP contribution is -2.30. The molecule has 0 radical (unpaired) electrons. The van der Waals surface area contributed by atoms with Gasteiger partial charge in [-0.05, 0) is 49.5 Å². The first kappa shape index (κ1) is 25.1. The number of benzene rings is 1. The highest BCUT2D eigenvalue weighted by Crippen LogP contribution is 2.33. The maximum absolute atomic E-state index is 14.4. The number of fused-ring (bicyclic) bond motifs is 1. The largest absolute Gasteiger partial charge is 0.493 e. The number of amides is 2. The van der Waals surface area contributed by atoms with Crippen LogP contribution >= 0.6 is 11.5 Å². The van der Waals surface area contributed by atoms with Crippen LogP contribution in [-0.2, 0) is 17.8 Å². The van der Waals surface area contributed by atoms with Crippen molar-refractivity contribution in [2.45, 2.75) is 38.5 Å². The van der Waals surface area contributed by atoms with Gasteiger partial charge in [-0.25, -0.2) is 18.4 Å². The molecule has 1 atom stereocenters. The monoisotopic (exact) mass is 510 g/mol. The zero-order valence-corrected chi connectivity index (χ0v) is 20.2. The van der Waals surface area contributed by atoms with Crippen LogP contribution in [0.5, 0.6) is 11.6 Å². The van der Waals surface area contributed by atoms with Crippen molar-refractivity contribution in [3.8, 4) is 11.6 Å². The number of methoxy groups -OCH3 is 1. The molecule has 0 unspecified atom stereocenters. The van der Waals surface area contributed by atoms with Gasteiger partial charge < -0.3 is 24.4 Å². The quantitative estimate of drug-likeness (QED) is 0.372. The second kappa shape index (κ2) is 11.6. The molecule has 1 aromatic heterocycles. The highest BCUT2D eigenvalue weighted by molar-refractivity contribution is 7.11. The predicted octanol–water partition coefficient (Wildman–Crippen LogP) is 3.53. The lowest BCUT2D eigenvalue weighted by atomic mass is 10.1. The number of nitrogens with zero attached hydrogens (tertiary/aromatic N) is 2. The van der Waals surface area contributed by atoms with Crippen LogP contribution in [0.1, 0.15) is 40.7 Å². The highest BCUT2D eigenvalue weighted by atomic mass is 32.1. The Bertz CT molecular complexity index is 1070. The van der Waals surface area contributed by atoms with Gasteiger partial charge in [0.15, 0.2) is 5.56 Å². The summed E-state index contributed by atoms with van der Waals surface area (Å²) in [5, 5.41) is 5.49. The normalized spacial score (nSPS) is 17.1. The third-order valence-electron chi connectivity index (χ3n) is 5.90. The second-order valence-electron chi connectivity index (χ2n) is 8.40. The summed E-state index contributed by atoms with van der Waals surface area (Å²) < 4.78 is 47.6. The van der Waals surface area contributed by atoms with E-state index in [4.69, 9.17) is 14.2 Å². The first-order chi connectivity index (χ1) is 16.9. The van der Waals surface area contributed by atoms with E-state index in [0.29, 0.717) is 38.3 Å². The average molecular weight is 511 g/mol. The van der Waals surface area contributed by atoms with E-state index in [9.17, 15) is 18.4 Å². The van der Waals surface area contributed by atoms with E-state index in [1.165, 1.54) is 13.2 Å². The summed E-state index contributed by atoms with van der Waals surface area (Å²) in [7, 11) is 1.20. The number of rotatable bonds is 10. The molecule has 0 saturated carbocycles. The van der Waals surface area contributed by atoms with E-state index in [1.54, 1.807) is 6.07 Å². The first-order valence-corrected chi connectivity index (χ1v) is 12.3. The Balaban J connectivity index is 1.30. The van der Waals surface area contributed by atoms with Gasteiger partial charge in [0.2, 0.25) is 5.88 Å². The molecule has 0 spiro atoms. The molecule has 2 N–H and O–H groups in total. The molecule has 1 saturated heterocycles. The second-order valence-corrected chi connectivity index (χ2v) is 9.17. The maximum Gasteiger partial charge on any atom is 0.346 e. The summed E-state index contributed by atoms with van der Waals surface area (Å²) >= 11 is 0.860. The number of urea groups is 1. The number of hydrogen-bond donors (Lipinski definition) is 2. The van der Waals surface area contributed by atoms with Crippen LogP contribution in [0.25, 0.3) is 0 Å². The number of anilines is 1. The number of carbonyl (C=O) groups is 2. The van der Waals surface area contributed by atoms with Crippen LogP contribution in [0, 0.1) is 5.82 Å². The van der Waals surface area contributed by atoms with Gasteiger partial charge in [-0.2, -0.15) is 4.37 Å². The minimum Gasteiger partial charge on any atom is -0.493 e. The number of likely N-dealkylation sites (tertiary alicyclic amines) is 1. The van der Waals surface area contributed by atoms with E-state index in [2.05, 4.69) is 19.9 Å². The van der Waals surface area contributed by atoms with Crippen LogP contribution in [0.15, 0.2) is 12.1 Å². The Morgan fingerprint density at radius 1 is 1.34 bits per heavy atom. The Hall–Kier alpha value is -2.99. The predicted molar refractivity (Wildman–Crippen MR) is 126 cm³/mol. The zero-order valence-electron chi connectivity index (χ0n) is 19.4. The van der Waals surface area contributed by atoms with Crippen LogP contribution in [0.3, 0.4) is 0 Å². The molecule has 35 heavy (non-hydrogen) atoms. The van der Waals surface area contributed by atoms with Crippen LogP contribution in [0.4, 0.5) is 18.6 Å². The molecule has 2 aromatic rings. The molecule has 3 heterocycles. The zero-order chi connectivity index (χ0) is 24.8. The van der Waals surface area contributed by atoms with Gasteiger partial charge in [-0.1, -0.05) is 0 Å². The number of esters is 1. The van der Waals surface area contributed by atoms with Gasteiger partial charge in [-0.3, -0.25) is 5.32 Å². The molecule has 1 aromatic carbocycles. The van der Waals surface area contributed by atoms with Gasteiger partial charge in [0, 0.05) is 37.2 Å². The van der Waals surface area contributed by atoms with E-state index in [1.807, 2.05) is 0 Å². The molecule has 9 nitrogen and oxygen atoms in total. The number of halogens is 2. The standard InChI is InChI=1S/C23H28F2N4O5S/c1-32-22(30)19-20(34-13-15-11-18-14(5-9-33-18)10-17(15)25)28-35-21(19)27-23(31)26-6-2-3-7-29-8-4-16(24)12-29/h10-11,16H,2-9,12-13H2,1H3,(H2,26,27,31)/t16-/m1/s1.